The van der Waals surface area contributed by atoms with Crippen LogP contribution in [0.2, 0.25) is 5.02 Å². The average molecular weight is 403 g/mol. The van der Waals surface area contributed by atoms with E-state index in [2.05, 4.69) is 10.2 Å². The van der Waals surface area contributed by atoms with E-state index in [-0.39, 0.29) is 15.8 Å². The first-order chi connectivity index (χ1) is 12.2. The molecule has 0 unspecified atom stereocenters. The van der Waals surface area contributed by atoms with Crippen LogP contribution in [0.3, 0.4) is 0 Å². The first-order valence-electron chi connectivity index (χ1n) is 8.63. The molecule has 1 aliphatic heterocycles. The highest BCUT2D eigenvalue weighted by Gasteiger charge is 2.29. The van der Waals surface area contributed by atoms with Crippen LogP contribution in [0, 0.1) is 0 Å². The molecule has 1 N–H and O–H groups in total. The van der Waals surface area contributed by atoms with Crippen molar-refractivity contribution in [1.29, 1.82) is 0 Å². The number of rotatable bonds is 7. The topological polar surface area (TPSA) is 73.0 Å². The maximum absolute atomic E-state index is 12.9. The summed E-state index contributed by atoms with van der Waals surface area (Å²) in [7, 11) is 2.17. The summed E-state index contributed by atoms with van der Waals surface area (Å²) in [5, 5.41) is 2.95. The second-order valence-corrected chi connectivity index (χ2v) is 9.08. The molecular formula is C17H27ClN4O3S. The van der Waals surface area contributed by atoms with Crippen LogP contribution in [-0.4, -0.2) is 88.8 Å². The van der Waals surface area contributed by atoms with Gasteiger partial charge in [-0.25, -0.2) is 8.42 Å². The summed E-state index contributed by atoms with van der Waals surface area (Å²) in [6.45, 7) is 3.56. The molecule has 1 aromatic rings. The molecule has 0 bridgehead atoms. The highest BCUT2D eigenvalue weighted by molar-refractivity contribution is 7.89. The molecular weight excluding hydrogens is 376 g/mol. The summed E-state index contributed by atoms with van der Waals surface area (Å²) in [5.74, 6) is -0.296. The minimum absolute atomic E-state index is 0.00957. The summed E-state index contributed by atoms with van der Waals surface area (Å²) in [6, 6.07) is 4.39. The first-order valence-corrected chi connectivity index (χ1v) is 10.4. The number of piperazine rings is 1. The van der Waals surface area contributed by atoms with Crippen molar-refractivity contribution in [3.05, 3.63) is 28.8 Å². The average Bonchev–Trinajstić information content (AvgIpc) is 2.59. The smallest absolute Gasteiger partial charge is 0.251 e. The molecule has 1 amide bonds. The van der Waals surface area contributed by atoms with Crippen LogP contribution >= 0.6 is 11.6 Å². The maximum atomic E-state index is 12.9. The number of benzene rings is 1. The number of carbonyl (C=O) groups is 1. The van der Waals surface area contributed by atoms with Crippen molar-refractivity contribution >= 4 is 27.5 Å². The quantitative estimate of drug-likeness (QED) is 0.688. The molecule has 9 heteroatoms. The van der Waals surface area contributed by atoms with Gasteiger partial charge in [0, 0.05) is 38.3 Å². The lowest BCUT2D eigenvalue weighted by atomic mass is 10.2. The lowest BCUT2D eigenvalue weighted by molar-refractivity contribution is 0.0952. The highest BCUT2D eigenvalue weighted by atomic mass is 35.5. The zero-order chi connectivity index (χ0) is 19.3. The minimum Gasteiger partial charge on any atom is -0.352 e. The molecule has 0 aliphatic carbocycles. The van der Waals surface area contributed by atoms with Gasteiger partial charge >= 0.3 is 0 Å². The Balaban J connectivity index is 2.12. The molecule has 146 valence electrons. The number of hydrogen-bond acceptors (Lipinski definition) is 5. The predicted octanol–water partition coefficient (Wildman–Crippen LogP) is 0.958. The molecule has 0 radical (unpaired) electrons. The Morgan fingerprint density at radius 1 is 1.23 bits per heavy atom. The van der Waals surface area contributed by atoms with Crippen LogP contribution in [0.4, 0.5) is 0 Å². The molecule has 1 aromatic carbocycles. The van der Waals surface area contributed by atoms with Crippen molar-refractivity contribution in [2.45, 2.75) is 11.3 Å². The Morgan fingerprint density at radius 2 is 1.88 bits per heavy atom. The fraction of sp³-hybridized carbons (Fsp3) is 0.588. The number of amides is 1. The summed E-state index contributed by atoms with van der Waals surface area (Å²) >= 11 is 6.14. The van der Waals surface area contributed by atoms with Crippen LogP contribution < -0.4 is 5.32 Å². The largest absolute Gasteiger partial charge is 0.352 e. The van der Waals surface area contributed by atoms with Gasteiger partial charge in [-0.1, -0.05) is 11.6 Å². The van der Waals surface area contributed by atoms with Gasteiger partial charge in [0.25, 0.3) is 5.91 Å². The van der Waals surface area contributed by atoms with Crippen molar-refractivity contribution in [3.63, 3.8) is 0 Å². The van der Waals surface area contributed by atoms with Crippen molar-refractivity contribution in [1.82, 2.24) is 19.4 Å². The van der Waals surface area contributed by atoms with Gasteiger partial charge in [0.15, 0.2) is 0 Å². The zero-order valence-corrected chi connectivity index (χ0v) is 17.1. The van der Waals surface area contributed by atoms with Crippen molar-refractivity contribution < 1.29 is 13.2 Å². The fourth-order valence-electron chi connectivity index (χ4n) is 2.71. The molecule has 0 aromatic heterocycles. The Bertz CT molecular complexity index is 732. The molecule has 0 atom stereocenters. The van der Waals surface area contributed by atoms with Crippen molar-refractivity contribution in [2.24, 2.45) is 0 Å². The Morgan fingerprint density at radius 3 is 2.50 bits per heavy atom. The molecule has 1 heterocycles. The van der Waals surface area contributed by atoms with Crippen LogP contribution in [0.25, 0.3) is 0 Å². The van der Waals surface area contributed by atoms with Crippen molar-refractivity contribution in [3.8, 4) is 0 Å². The Hall–Kier alpha value is -1.19. The van der Waals surface area contributed by atoms with E-state index in [0.717, 1.165) is 13.0 Å². The van der Waals surface area contributed by atoms with Crippen LogP contribution in [0.1, 0.15) is 16.8 Å². The van der Waals surface area contributed by atoms with E-state index in [0.29, 0.717) is 38.3 Å². The van der Waals surface area contributed by atoms with Gasteiger partial charge in [0.2, 0.25) is 10.0 Å². The zero-order valence-electron chi connectivity index (χ0n) is 15.5. The van der Waals surface area contributed by atoms with E-state index in [4.69, 9.17) is 11.6 Å². The van der Waals surface area contributed by atoms with E-state index in [1.165, 1.54) is 16.4 Å². The predicted molar refractivity (Wildman–Crippen MR) is 103 cm³/mol. The highest BCUT2D eigenvalue weighted by Crippen LogP contribution is 2.26. The second kappa shape index (κ2) is 9.14. The number of hydrogen-bond donors (Lipinski definition) is 1. The van der Waals surface area contributed by atoms with E-state index in [1.54, 1.807) is 6.07 Å². The van der Waals surface area contributed by atoms with E-state index < -0.39 is 10.0 Å². The molecule has 1 aliphatic rings. The number of carbonyl (C=O) groups excluding carboxylic acids is 1. The van der Waals surface area contributed by atoms with Gasteiger partial charge in [-0.3, -0.25) is 4.79 Å². The van der Waals surface area contributed by atoms with Crippen LogP contribution in [0.15, 0.2) is 23.1 Å². The van der Waals surface area contributed by atoms with Crippen LogP contribution in [-0.2, 0) is 10.0 Å². The summed E-state index contributed by atoms with van der Waals surface area (Å²) < 4.78 is 27.2. The third kappa shape index (κ3) is 5.40. The third-order valence-corrected chi connectivity index (χ3v) is 6.72. The van der Waals surface area contributed by atoms with Gasteiger partial charge in [-0.2, -0.15) is 4.31 Å². The lowest BCUT2D eigenvalue weighted by Gasteiger charge is -2.31. The molecule has 2 rings (SSSR count). The normalized spacial score (nSPS) is 16.8. The molecule has 0 spiro atoms. The molecule has 1 saturated heterocycles. The van der Waals surface area contributed by atoms with E-state index in [9.17, 15) is 13.2 Å². The lowest BCUT2D eigenvalue weighted by Crippen LogP contribution is -2.47. The Labute approximate surface area is 160 Å². The summed E-state index contributed by atoms with van der Waals surface area (Å²) in [5.41, 5.74) is 0.298. The molecule has 7 nitrogen and oxygen atoms in total. The molecule has 26 heavy (non-hydrogen) atoms. The van der Waals surface area contributed by atoms with Gasteiger partial charge in [0.1, 0.15) is 4.90 Å². The van der Waals surface area contributed by atoms with Gasteiger partial charge in [-0.15, -0.1) is 0 Å². The monoisotopic (exact) mass is 402 g/mol. The molecule has 0 saturated carbocycles. The Kier molecular flexibility index (Phi) is 7.42. The second-order valence-electron chi connectivity index (χ2n) is 6.77. The molecule has 1 fully saturated rings. The number of nitrogens with zero attached hydrogens (tertiary/aromatic N) is 3. The maximum Gasteiger partial charge on any atom is 0.251 e. The third-order valence-electron chi connectivity index (χ3n) is 4.34. The van der Waals surface area contributed by atoms with E-state index >= 15 is 0 Å². The minimum atomic E-state index is -3.72. The summed E-state index contributed by atoms with van der Waals surface area (Å²) in [6.07, 6.45) is 0.818. The number of likely N-dealkylation sites (N-methyl/N-ethyl adjacent to an activating group) is 1. The van der Waals surface area contributed by atoms with Gasteiger partial charge in [-0.05, 0) is 52.3 Å². The fourth-order valence-corrected chi connectivity index (χ4v) is 4.63. The SMILES string of the molecule is CN(C)CCCNC(=O)c1ccc(Cl)c(S(=O)(=O)N2CCN(C)CC2)c1. The van der Waals surface area contributed by atoms with Gasteiger partial charge < -0.3 is 15.1 Å². The van der Waals surface area contributed by atoms with Gasteiger partial charge in [0.05, 0.1) is 5.02 Å². The number of nitrogens with one attached hydrogen (secondary N) is 1. The summed E-state index contributed by atoms with van der Waals surface area (Å²) in [4.78, 5) is 16.4. The van der Waals surface area contributed by atoms with Crippen molar-refractivity contribution in [2.75, 3.05) is 60.4 Å². The van der Waals surface area contributed by atoms with E-state index in [1.807, 2.05) is 26.0 Å². The number of sulfonamides is 1. The van der Waals surface area contributed by atoms with Crippen LogP contribution in [0.5, 0.6) is 0 Å². The standard InChI is InChI=1S/C17H27ClN4O3S/c1-20(2)8-4-7-19-17(23)14-5-6-15(18)16(13-14)26(24,25)22-11-9-21(3)10-12-22/h5-6,13H,4,7-12H2,1-3H3,(H,19,23). The number of halogens is 1. The first kappa shape index (κ1) is 21.1.